The van der Waals surface area contributed by atoms with Crippen LogP contribution in [0.15, 0.2) is 20.5 Å². The fourth-order valence-electron chi connectivity index (χ4n) is 1.40. The Morgan fingerprint density at radius 1 is 1.13 bits per heavy atom. The van der Waals surface area contributed by atoms with Gasteiger partial charge in [0.2, 0.25) is 0 Å². The number of benzene rings is 1. The minimum absolute atomic E-state index is 0.783. The van der Waals surface area contributed by atoms with Crippen molar-refractivity contribution in [2.75, 3.05) is 0 Å². The summed E-state index contributed by atoms with van der Waals surface area (Å²) in [7, 11) is 0. The van der Waals surface area contributed by atoms with Crippen molar-refractivity contribution in [2.24, 2.45) is 0 Å². The third-order valence-corrected chi connectivity index (χ3v) is 4.46. The molecule has 2 rings (SSSR count). The molecule has 0 aliphatic rings. The van der Waals surface area contributed by atoms with E-state index in [0.29, 0.717) is 0 Å². The van der Waals surface area contributed by atoms with E-state index in [1.165, 1.54) is 22.7 Å². The van der Waals surface area contributed by atoms with Gasteiger partial charge >= 0.3 is 0 Å². The molecular formula is C10H8Br2N2S. The molecule has 2 aromatic rings. The molecule has 0 N–H and O–H groups in total. The zero-order chi connectivity index (χ0) is 11.0. The van der Waals surface area contributed by atoms with Crippen LogP contribution < -0.4 is 0 Å². The molecule has 0 atom stereocenters. The number of aryl methyl sites for hydroxylation is 2. The largest absolute Gasteiger partial charge is 0.208 e. The third kappa shape index (κ3) is 2.29. The number of aromatic nitrogens is 2. The van der Waals surface area contributed by atoms with Gasteiger partial charge in [-0.1, -0.05) is 15.9 Å². The first kappa shape index (κ1) is 11.2. The molecule has 0 radical (unpaired) electrons. The fourth-order valence-corrected chi connectivity index (χ4v) is 2.45. The van der Waals surface area contributed by atoms with Crippen molar-refractivity contribution in [3.05, 3.63) is 31.6 Å². The molecule has 78 valence electrons. The monoisotopic (exact) mass is 346 g/mol. The molecule has 1 heterocycles. The lowest BCUT2D eigenvalue weighted by molar-refractivity contribution is 1.27. The Bertz CT molecular complexity index is 485. The highest BCUT2D eigenvalue weighted by Crippen LogP contribution is 2.28. The first-order valence-corrected chi connectivity index (χ1v) is 6.70. The predicted octanol–water partition coefficient (Wildman–Crippen LogP) is 4.35. The molecule has 15 heavy (non-hydrogen) atoms. The SMILES string of the molecule is Cc1cc(-c2nsc(Br)n2)cc(C)c1Br. The van der Waals surface area contributed by atoms with Crippen LogP contribution in [0.1, 0.15) is 11.1 Å². The van der Waals surface area contributed by atoms with Crippen LogP contribution in [0, 0.1) is 13.8 Å². The highest BCUT2D eigenvalue weighted by Gasteiger charge is 2.08. The smallest absolute Gasteiger partial charge is 0.179 e. The maximum atomic E-state index is 4.30. The Labute approximate surface area is 109 Å². The third-order valence-electron chi connectivity index (χ3n) is 2.10. The van der Waals surface area contributed by atoms with Gasteiger partial charge < -0.3 is 0 Å². The lowest BCUT2D eigenvalue weighted by Gasteiger charge is -2.04. The number of halogens is 2. The molecule has 1 aromatic heterocycles. The van der Waals surface area contributed by atoms with Crippen LogP contribution in [0.5, 0.6) is 0 Å². The van der Waals surface area contributed by atoms with E-state index in [2.05, 4.69) is 67.2 Å². The molecule has 0 unspecified atom stereocenters. The van der Waals surface area contributed by atoms with Crippen molar-refractivity contribution >= 4 is 43.4 Å². The summed E-state index contributed by atoms with van der Waals surface area (Å²) < 4.78 is 6.24. The fraction of sp³-hybridized carbons (Fsp3) is 0.200. The quantitative estimate of drug-likeness (QED) is 0.766. The van der Waals surface area contributed by atoms with Gasteiger partial charge in [0.1, 0.15) is 0 Å². The standard InChI is InChI=1S/C10H8Br2N2S/c1-5-3-7(4-6(2)8(5)11)9-13-10(12)15-14-9/h3-4H,1-2H3. The van der Waals surface area contributed by atoms with Gasteiger partial charge in [0.05, 0.1) is 0 Å². The van der Waals surface area contributed by atoms with Gasteiger partial charge in [-0.25, -0.2) is 4.98 Å². The van der Waals surface area contributed by atoms with Crippen molar-refractivity contribution in [1.29, 1.82) is 0 Å². The number of nitrogens with zero attached hydrogens (tertiary/aromatic N) is 2. The van der Waals surface area contributed by atoms with Crippen LogP contribution in [0.25, 0.3) is 11.4 Å². The normalized spacial score (nSPS) is 10.7. The Morgan fingerprint density at radius 2 is 1.73 bits per heavy atom. The Hall–Kier alpha value is -0.260. The first-order chi connectivity index (χ1) is 7.08. The summed E-state index contributed by atoms with van der Waals surface area (Å²) in [6, 6.07) is 4.18. The molecule has 0 saturated carbocycles. The van der Waals surface area contributed by atoms with Crippen molar-refractivity contribution in [2.45, 2.75) is 13.8 Å². The molecule has 5 heteroatoms. The zero-order valence-electron chi connectivity index (χ0n) is 8.21. The van der Waals surface area contributed by atoms with Gasteiger partial charge in [-0.3, -0.25) is 0 Å². The van der Waals surface area contributed by atoms with E-state index < -0.39 is 0 Å². The van der Waals surface area contributed by atoms with Crippen LogP contribution in [0.2, 0.25) is 0 Å². The van der Waals surface area contributed by atoms with E-state index in [9.17, 15) is 0 Å². The lowest BCUT2D eigenvalue weighted by atomic mass is 10.1. The molecule has 1 aromatic carbocycles. The molecule has 0 amide bonds. The number of rotatable bonds is 1. The number of hydrogen-bond donors (Lipinski definition) is 0. The van der Waals surface area contributed by atoms with E-state index in [4.69, 9.17) is 0 Å². The van der Waals surface area contributed by atoms with Gasteiger partial charge in [0.25, 0.3) is 0 Å². The summed E-state index contributed by atoms with van der Waals surface area (Å²) in [5, 5.41) is 0. The highest BCUT2D eigenvalue weighted by molar-refractivity contribution is 9.11. The molecule has 0 aliphatic carbocycles. The Balaban J connectivity index is 2.55. The zero-order valence-corrected chi connectivity index (χ0v) is 12.2. The molecule has 0 fully saturated rings. The topological polar surface area (TPSA) is 25.8 Å². The van der Waals surface area contributed by atoms with E-state index in [0.717, 1.165) is 19.8 Å². The summed E-state index contributed by atoms with van der Waals surface area (Å²) in [5.74, 6) is 0.783. The van der Waals surface area contributed by atoms with Gasteiger partial charge in [-0.15, -0.1) is 0 Å². The van der Waals surface area contributed by atoms with Crippen LogP contribution in [-0.2, 0) is 0 Å². The Kier molecular flexibility index (Phi) is 3.23. The maximum absolute atomic E-state index is 4.30. The van der Waals surface area contributed by atoms with Crippen molar-refractivity contribution < 1.29 is 0 Å². The lowest BCUT2D eigenvalue weighted by Crippen LogP contribution is -1.87. The van der Waals surface area contributed by atoms with Crippen LogP contribution in [0.4, 0.5) is 0 Å². The summed E-state index contributed by atoms with van der Waals surface area (Å²) in [6.45, 7) is 4.14. The molecule has 0 bridgehead atoms. The summed E-state index contributed by atoms with van der Waals surface area (Å²) in [4.78, 5) is 4.30. The summed E-state index contributed by atoms with van der Waals surface area (Å²) >= 11 is 8.22. The molecular weight excluding hydrogens is 340 g/mol. The van der Waals surface area contributed by atoms with E-state index in [1.54, 1.807) is 0 Å². The van der Waals surface area contributed by atoms with Gasteiger partial charge in [0, 0.05) is 10.0 Å². The average molecular weight is 348 g/mol. The second-order valence-electron chi connectivity index (χ2n) is 3.29. The van der Waals surface area contributed by atoms with Gasteiger partial charge in [0.15, 0.2) is 9.74 Å². The molecule has 0 saturated heterocycles. The maximum Gasteiger partial charge on any atom is 0.179 e. The van der Waals surface area contributed by atoms with Gasteiger partial charge in [-0.2, -0.15) is 4.37 Å². The summed E-state index contributed by atoms with van der Waals surface area (Å²) in [6.07, 6.45) is 0. The van der Waals surface area contributed by atoms with Crippen LogP contribution in [0.3, 0.4) is 0 Å². The molecule has 2 nitrogen and oxygen atoms in total. The van der Waals surface area contributed by atoms with Crippen molar-refractivity contribution in [3.8, 4) is 11.4 Å². The second kappa shape index (κ2) is 4.31. The Morgan fingerprint density at radius 3 is 2.20 bits per heavy atom. The van der Waals surface area contributed by atoms with Crippen LogP contribution >= 0.6 is 43.4 Å². The van der Waals surface area contributed by atoms with E-state index in [-0.39, 0.29) is 0 Å². The van der Waals surface area contributed by atoms with Crippen molar-refractivity contribution in [1.82, 2.24) is 9.36 Å². The average Bonchev–Trinajstić information content (AvgIpc) is 2.60. The molecule has 0 aliphatic heterocycles. The first-order valence-electron chi connectivity index (χ1n) is 4.34. The van der Waals surface area contributed by atoms with Crippen LogP contribution in [-0.4, -0.2) is 9.36 Å². The van der Waals surface area contributed by atoms with Crippen molar-refractivity contribution in [3.63, 3.8) is 0 Å². The van der Waals surface area contributed by atoms with E-state index in [1.807, 2.05) is 0 Å². The highest BCUT2D eigenvalue weighted by atomic mass is 79.9. The number of hydrogen-bond acceptors (Lipinski definition) is 3. The predicted molar refractivity (Wildman–Crippen MR) is 70.2 cm³/mol. The summed E-state index contributed by atoms with van der Waals surface area (Å²) in [5.41, 5.74) is 3.47. The molecule has 0 spiro atoms. The van der Waals surface area contributed by atoms with Gasteiger partial charge in [-0.05, 0) is 64.6 Å². The van der Waals surface area contributed by atoms with E-state index >= 15 is 0 Å². The minimum Gasteiger partial charge on any atom is -0.208 e. The second-order valence-corrected chi connectivity index (χ2v) is 6.12. The minimum atomic E-state index is 0.783.